The number of esters is 1. The van der Waals surface area contributed by atoms with Gasteiger partial charge in [-0.05, 0) is 18.2 Å². The zero-order valence-corrected chi connectivity index (χ0v) is 9.04. The number of phenolic OH excluding ortho intramolecular Hbond substituents is 1. The number of benzene rings is 1. The van der Waals surface area contributed by atoms with E-state index in [1.807, 2.05) is 0 Å². The molecule has 0 fully saturated rings. The van der Waals surface area contributed by atoms with E-state index in [9.17, 15) is 9.90 Å². The topological polar surface area (TPSA) is 46.5 Å². The van der Waals surface area contributed by atoms with Crippen LogP contribution in [0.4, 0.5) is 0 Å². The first-order valence-electron chi connectivity index (χ1n) is 4.20. The minimum absolute atomic E-state index is 0.132. The SMILES string of the molecule is COC(=O)c1ccc(C#CCS)cc1O. The summed E-state index contributed by atoms with van der Waals surface area (Å²) in [6.45, 7) is 0. The molecule has 0 aliphatic carbocycles. The summed E-state index contributed by atoms with van der Waals surface area (Å²) >= 11 is 3.93. The number of rotatable bonds is 1. The third kappa shape index (κ3) is 2.93. The van der Waals surface area contributed by atoms with Gasteiger partial charge in [-0.2, -0.15) is 12.6 Å². The second-order valence-electron chi connectivity index (χ2n) is 2.68. The normalized spacial score (nSPS) is 8.93. The van der Waals surface area contributed by atoms with Crippen molar-refractivity contribution in [1.82, 2.24) is 0 Å². The van der Waals surface area contributed by atoms with Crippen LogP contribution in [0.2, 0.25) is 0 Å². The van der Waals surface area contributed by atoms with Crippen LogP contribution in [-0.2, 0) is 4.74 Å². The van der Waals surface area contributed by atoms with Crippen molar-refractivity contribution in [3.63, 3.8) is 0 Å². The molecule has 3 nitrogen and oxygen atoms in total. The minimum atomic E-state index is -0.568. The van der Waals surface area contributed by atoms with Gasteiger partial charge in [0.25, 0.3) is 0 Å². The van der Waals surface area contributed by atoms with E-state index in [-0.39, 0.29) is 11.3 Å². The molecule has 0 saturated carbocycles. The molecule has 0 amide bonds. The Hall–Kier alpha value is -1.60. The maximum absolute atomic E-state index is 11.1. The Kier molecular flexibility index (Phi) is 4.07. The number of phenols is 1. The largest absolute Gasteiger partial charge is 0.507 e. The van der Waals surface area contributed by atoms with Crippen LogP contribution in [0.3, 0.4) is 0 Å². The lowest BCUT2D eigenvalue weighted by Gasteiger charge is -2.02. The van der Waals surface area contributed by atoms with Crippen LogP contribution in [0, 0.1) is 11.8 Å². The molecular formula is C11H10O3S. The first-order chi connectivity index (χ1) is 7.19. The van der Waals surface area contributed by atoms with Crippen molar-refractivity contribution >= 4 is 18.6 Å². The lowest BCUT2D eigenvalue weighted by Crippen LogP contribution is -2.01. The van der Waals surface area contributed by atoms with Gasteiger partial charge in [0, 0.05) is 5.56 Å². The van der Waals surface area contributed by atoms with Gasteiger partial charge >= 0.3 is 5.97 Å². The zero-order valence-electron chi connectivity index (χ0n) is 8.15. The van der Waals surface area contributed by atoms with Crippen molar-refractivity contribution in [2.75, 3.05) is 12.9 Å². The summed E-state index contributed by atoms with van der Waals surface area (Å²) in [6.07, 6.45) is 0. The highest BCUT2D eigenvalue weighted by molar-refractivity contribution is 7.80. The second-order valence-corrected chi connectivity index (χ2v) is 3.00. The van der Waals surface area contributed by atoms with E-state index < -0.39 is 5.97 Å². The van der Waals surface area contributed by atoms with Crippen molar-refractivity contribution in [3.8, 4) is 17.6 Å². The molecule has 15 heavy (non-hydrogen) atoms. The molecule has 0 aliphatic heterocycles. The van der Waals surface area contributed by atoms with Crippen LogP contribution in [0.5, 0.6) is 5.75 Å². The smallest absolute Gasteiger partial charge is 0.341 e. The number of hydrogen-bond acceptors (Lipinski definition) is 4. The summed E-state index contributed by atoms with van der Waals surface area (Å²) in [6, 6.07) is 4.54. The van der Waals surface area contributed by atoms with Gasteiger partial charge in [0.05, 0.1) is 12.9 Å². The molecule has 1 aromatic carbocycles. The Morgan fingerprint density at radius 2 is 2.33 bits per heavy atom. The van der Waals surface area contributed by atoms with E-state index in [0.717, 1.165) is 0 Å². The molecule has 0 aliphatic rings. The van der Waals surface area contributed by atoms with Gasteiger partial charge in [-0.1, -0.05) is 11.8 Å². The molecular weight excluding hydrogens is 212 g/mol. The van der Waals surface area contributed by atoms with Crippen molar-refractivity contribution < 1.29 is 14.6 Å². The first kappa shape index (κ1) is 11.5. The predicted molar refractivity (Wildman–Crippen MR) is 60.2 cm³/mol. The molecule has 0 saturated heterocycles. The molecule has 0 spiro atoms. The standard InChI is InChI=1S/C11H10O3S/c1-14-11(13)9-5-4-8(3-2-6-15)7-10(9)12/h4-5,7,12,15H,6H2,1H3. The minimum Gasteiger partial charge on any atom is -0.507 e. The maximum Gasteiger partial charge on any atom is 0.341 e. The van der Waals surface area contributed by atoms with Gasteiger partial charge in [-0.15, -0.1) is 0 Å². The molecule has 1 aromatic rings. The molecule has 1 rings (SSSR count). The van der Waals surface area contributed by atoms with E-state index in [2.05, 4.69) is 29.2 Å². The van der Waals surface area contributed by atoms with Crippen molar-refractivity contribution in [1.29, 1.82) is 0 Å². The molecule has 0 atom stereocenters. The number of aromatic hydroxyl groups is 1. The van der Waals surface area contributed by atoms with Crippen molar-refractivity contribution in [2.45, 2.75) is 0 Å². The van der Waals surface area contributed by atoms with Gasteiger partial charge < -0.3 is 9.84 Å². The lowest BCUT2D eigenvalue weighted by molar-refractivity contribution is 0.0597. The van der Waals surface area contributed by atoms with Crippen LogP contribution in [0.15, 0.2) is 18.2 Å². The van der Waals surface area contributed by atoms with Gasteiger partial charge in [-0.25, -0.2) is 4.79 Å². The van der Waals surface area contributed by atoms with Crippen LogP contribution < -0.4 is 0 Å². The third-order valence-electron chi connectivity index (χ3n) is 1.71. The number of ether oxygens (including phenoxy) is 1. The average molecular weight is 222 g/mol. The highest BCUT2D eigenvalue weighted by Crippen LogP contribution is 2.19. The van der Waals surface area contributed by atoms with Crippen molar-refractivity contribution in [3.05, 3.63) is 29.3 Å². The van der Waals surface area contributed by atoms with E-state index in [1.165, 1.54) is 19.2 Å². The fourth-order valence-corrected chi connectivity index (χ4v) is 1.11. The van der Waals surface area contributed by atoms with E-state index >= 15 is 0 Å². The number of thiol groups is 1. The van der Waals surface area contributed by atoms with E-state index in [4.69, 9.17) is 0 Å². The summed E-state index contributed by atoms with van der Waals surface area (Å²) in [7, 11) is 1.26. The molecule has 78 valence electrons. The summed E-state index contributed by atoms with van der Waals surface area (Å²) < 4.78 is 4.49. The monoisotopic (exact) mass is 222 g/mol. The number of carbonyl (C=O) groups excluding carboxylic acids is 1. The number of carbonyl (C=O) groups is 1. The number of methoxy groups -OCH3 is 1. The molecule has 4 heteroatoms. The Morgan fingerprint density at radius 3 is 2.87 bits per heavy atom. The Balaban J connectivity index is 3.03. The average Bonchev–Trinajstić information content (AvgIpc) is 2.25. The van der Waals surface area contributed by atoms with Crippen LogP contribution in [0.25, 0.3) is 0 Å². The Labute approximate surface area is 93.5 Å². The van der Waals surface area contributed by atoms with Gasteiger partial charge in [0.2, 0.25) is 0 Å². The summed E-state index contributed by atoms with van der Waals surface area (Å²) in [5.41, 5.74) is 0.767. The zero-order chi connectivity index (χ0) is 11.3. The Morgan fingerprint density at radius 1 is 1.60 bits per heavy atom. The molecule has 0 radical (unpaired) electrons. The third-order valence-corrected chi connectivity index (χ3v) is 1.87. The van der Waals surface area contributed by atoms with Gasteiger partial charge in [-0.3, -0.25) is 0 Å². The van der Waals surface area contributed by atoms with Crippen LogP contribution in [0.1, 0.15) is 15.9 Å². The first-order valence-corrected chi connectivity index (χ1v) is 4.83. The second kappa shape index (κ2) is 5.32. The Bertz CT molecular complexity index is 429. The predicted octanol–water partition coefficient (Wildman–Crippen LogP) is 1.46. The molecule has 0 bridgehead atoms. The van der Waals surface area contributed by atoms with Crippen LogP contribution in [-0.4, -0.2) is 23.9 Å². The molecule has 0 heterocycles. The quantitative estimate of drug-likeness (QED) is 0.429. The highest BCUT2D eigenvalue weighted by atomic mass is 32.1. The summed E-state index contributed by atoms with van der Waals surface area (Å²) in [4.78, 5) is 11.1. The maximum atomic E-state index is 11.1. The molecule has 1 N–H and O–H groups in total. The lowest BCUT2D eigenvalue weighted by atomic mass is 10.1. The van der Waals surface area contributed by atoms with E-state index in [1.54, 1.807) is 6.07 Å². The van der Waals surface area contributed by atoms with Crippen LogP contribution >= 0.6 is 12.6 Å². The van der Waals surface area contributed by atoms with E-state index in [0.29, 0.717) is 11.3 Å². The van der Waals surface area contributed by atoms with Gasteiger partial charge in [0.15, 0.2) is 0 Å². The van der Waals surface area contributed by atoms with Crippen molar-refractivity contribution in [2.24, 2.45) is 0 Å². The fourth-order valence-electron chi connectivity index (χ4n) is 1.03. The number of hydrogen-bond donors (Lipinski definition) is 2. The fraction of sp³-hybridized carbons (Fsp3) is 0.182. The summed E-state index contributed by atoms with van der Waals surface area (Å²) in [5, 5.41) is 9.50. The van der Waals surface area contributed by atoms with Gasteiger partial charge in [0.1, 0.15) is 11.3 Å². The molecule has 0 unspecified atom stereocenters. The molecule has 0 aromatic heterocycles. The summed E-state index contributed by atoms with van der Waals surface area (Å²) in [5.74, 6) is 5.27. The highest BCUT2D eigenvalue weighted by Gasteiger charge is 2.10.